The molecule has 150 valence electrons. The summed E-state index contributed by atoms with van der Waals surface area (Å²) in [6.07, 6.45) is 3.50. The van der Waals surface area contributed by atoms with Crippen LogP contribution in [0.4, 0.5) is 5.69 Å². The number of nitrogens with one attached hydrogen (secondary N) is 1. The van der Waals surface area contributed by atoms with E-state index in [4.69, 9.17) is 17.3 Å². The van der Waals surface area contributed by atoms with Gasteiger partial charge in [-0.2, -0.15) is 0 Å². The number of nitrogens with zero attached hydrogens (tertiary/aromatic N) is 3. The van der Waals surface area contributed by atoms with E-state index in [-0.39, 0.29) is 41.2 Å². The molecule has 2 heterocycles. The summed E-state index contributed by atoms with van der Waals surface area (Å²) in [6.45, 7) is 5.09. The molecule has 1 atom stereocenters. The van der Waals surface area contributed by atoms with E-state index >= 15 is 0 Å². The van der Waals surface area contributed by atoms with E-state index in [1.54, 1.807) is 29.2 Å². The minimum absolute atomic E-state index is 0. The Labute approximate surface area is 175 Å². The Hall–Kier alpha value is -2.22. The first kappa shape index (κ1) is 22.1. The summed E-state index contributed by atoms with van der Waals surface area (Å²) in [5.74, 6) is -0.814. The van der Waals surface area contributed by atoms with Crippen molar-refractivity contribution in [3.8, 4) is 0 Å². The van der Waals surface area contributed by atoms with Gasteiger partial charge in [-0.3, -0.25) is 9.59 Å². The molecule has 3 N–H and O–H groups in total. The molecule has 0 radical (unpaired) electrons. The van der Waals surface area contributed by atoms with Crippen LogP contribution >= 0.6 is 24.0 Å². The maximum Gasteiger partial charge on any atom is 0.276 e. The quantitative estimate of drug-likeness (QED) is 0.789. The second kappa shape index (κ2) is 8.86. The van der Waals surface area contributed by atoms with Crippen LogP contribution in [0.15, 0.2) is 36.7 Å². The number of benzene rings is 1. The maximum atomic E-state index is 13.0. The highest BCUT2D eigenvalue weighted by atomic mass is 35.5. The molecule has 1 aliphatic rings. The van der Waals surface area contributed by atoms with E-state index in [2.05, 4.69) is 15.3 Å². The monoisotopic (exact) mass is 423 g/mol. The van der Waals surface area contributed by atoms with Gasteiger partial charge in [0.05, 0.1) is 0 Å². The van der Waals surface area contributed by atoms with Gasteiger partial charge in [0.15, 0.2) is 11.4 Å². The smallest absolute Gasteiger partial charge is 0.276 e. The Kier molecular flexibility index (Phi) is 6.98. The van der Waals surface area contributed by atoms with Crippen LogP contribution in [-0.4, -0.2) is 45.8 Å². The maximum absolute atomic E-state index is 13.0. The molecule has 28 heavy (non-hydrogen) atoms. The topological polar surface area (TPSA) is 101 Å². The summed E-state index contributed by atoms with van der Waals surface area (Å²) in [5, 5.41) is 3.28. The molecule has 1 saturated heterocycles. The Morgan fingerprint density at radius 3 is 2.39 bits per heavy atom. The second-order valence-corrected chi connectivity index (χ2v) is 7.76. The third-order valence-electron chi connectivity index (χ3n) is 4.82. The molecule has 0 spiro atoms. The highest BCUT2D eigenvalue weighted by Crippen LogP contribution is 2.28. The van der Waals surface area contributed by atoms with Crippen molar-refractivity contribution in [2.45, 2.75) is 26.3 Å². The number of carbonyl (C=O) groups is 2. The molecule has 2 aromatic rings. The fourth-order valence-corrected chi connectivity index (χ4v) is 3.21. The molecule has 1 fully saturated rings. The van der Waals surface area contributed by atoms with Gasteiger partial charge >= 0.3 is 0 Å². The fourth-order valence-electron chi connectivity index (χ4n) is 3.08. The number of hydrogen-bond donors (Lipinski definition) is 2. The number of anilines is 1. The van der Waals surface area contributed by atoms with Gasteiger partial charge in [0.2, 0.25) is 0 Å². The molecule has 0 aliphatic carbocycles. The third-order valence-corrected chi connectivity index (χ3v) is 5.07. The van der Waals surface area contributed by atoms with Gasteiger partial charge in [0, 0.05) is 42.2 Å². The average molecular weight is 424 g/mol. The summed E-state index contributed by atoms with van der Waals surface area (Å²) in [5.41, 5.74) is 6.52. The van der Waals surface area contributed by atoms with E-state index in [9.17, 15) is 9.59 Å². The van der Waals surface area contributed by atoms with Gasteiger partial charge in [0.25, 0.3) is 11.8 Å². The van der Waals surface area contributed by atoms with E-state index in [0.717, 1.165) is 0 Å². The molecule has 1 aromatic carbocycles. The Morgan fingerprint density at radius 1 is 1.18 bits per heavy atom. The van der Waals surface area contributed by atoms with Crippen LogP contribution in [0.1, 0.15) is 41.2 Å². The molecule has 9 heteroatoms. The lowest BCUT2D eigenvalue weighted by Crippen LogP contribution is -2.54. The molecule has 1 unspecified atom stereocenters. The molecule has 0 saturated carbocycles. The summed E-state index contributed by atoms with van der Waals surface area (Å²) in [7, 11) is 0. The number of aromatic nitrogens is 2. The average Bonchev–Trinajstić information content (AvgIpc) is 2.65. The third kappa shape index (κ3) is 4.79. The fraction of sp³-hybridized carbons (Fsp3) is 0.368. The normalized spacial score (nSPS) is 18.1. The van der Waals surface area contributed by atoms with Gasteiger partial charge < -0.3 is 16.0 Å². The lowest BCUT2D eigenvalue weighted by molar-refractivity contribution is 0.0524. The summed E-state index contributed by atoms with van der Waals surface area (Å²) >= 11 is 5.86. The number of hydrogen-bond acceptors (Lipinski definition) is 5. The van der Waals surface area contributed by atoms with Crippen LogP contribution in [0.25, 0.3) is 0 Å². The SMILES string of the molecule is CC1(C)CN(C(=O)c2nccnc2C(=O)Nc2ccc(Cl)cc2)CCC1N.Cl. The first-order valence-corrected chi connectivity index (χ1v) is 9.08. The number of likely N-dealkylation sites (tertiary alicyclic amines) is 1. The lowest BCUT2D eigenvalue weighted by Gasteiger charge is -2.42. The van der Waals surface area contributed by atoms with Crippen molar-refractivity contribution in [3.05, 3.63) is 53.1 Å². The zero-order valence-corrected chi connectivity index (χ0v) is 17.3. The van der Waals surface area contributed by atoms with Gasteiger partial charge in [-0.25, -0.2) is 9.97 Å². The van der Waals surface area contributed by atoms with Crippen molar-refractivity contribution in [3.63, 3.8) is 0 Å². The van der Waals surface area contributed by atoms with Gasteiger partial charge in [-0.1, -0.05) is 25.4 Å². The molecule has 1 aliphatic heterocycles. The lowest BCUT2D eigenvalue weighted by atomic mass is 9.79. The molecule has 3 rings (SSSR count). The van der Waals surface area contributed by atoms with Crippen LogP contribution in [-0.2, 0) is 0 Å². The first-order chi connectivity index (χ1) is 12.8. The van der Waals surface area contributed by atoms with E-state index in [1.807, 2.05) is 13.8 Å². The van der Waals surface area contributed by atoms with Crippen LogP contribution in [0.5, 0.6) is 0 Å². The molecule has 0 bridgehead atoms. The van der Waals surface area contributed by atoms with Crippen molar-refractivity contribution >= 4 is 41.5 Å². The summed E-state index contributed by atoms with van der Waals surface area (Å²) in [4.78, 5) is 35.6. The van der Waals surface area contributed by atoms with Crippen LogP contribution in [0.2, 0.25) is 5.02 Å². The first-order valence-electron chi connectivity index (χ1n) is 8.71. The van der Waals surface area contributed by atoms with E-state index < -0.39 is 5.91 Å². The zero-order valence-electron chi connectivity index (χ0n) is 15.7. The number of rotatable bonds is 3. The standard InChI is InChI=1S/C19H22ClN5O2.ClH/c1-19(2)11-25(10-7-14(19)21)18(27)16-15(22-8-9-23-16)17(26)24-13-5-3-12(20)4-6-13;/h3-6,8-9,14H,7,10-11,21H2,1-2H3,(H,24,26);1H. The Balaban J connectivity index is 0.00000280. The molecular weight excluding hydrogens is 401 g/mol. The minimum Gasteiger partial charge on any atom is -0.337 e. The summed E-state index contributed by atoms with van der Waals surface area (Å²) in [6, 6.07) is 6.70. The number of carbonyl (C=O) groups excluding carboxylic acids is 2. The highest BCUT2D eigenvalue weighted by Gasteiger charge is 2.37. The summed E-state index contributed by atoms with van der Waals surface area (Å²) < 4.78 is 0. The van der Waals surface area contributed by atoms with E-state index in [0.29, 0.717) is 30.2 Å². The highest BCUT2D eigenvalue weighted by molar-refractivity contribution is 6.30. The van der Waals surface area contributed by atoms with Crippen LogP contribution < -0.4 is 11.1 Å². The predicted octanol–water partition coefficient (Wildman–Crippen LogP) is 3.00. The number of nitrogens with two attached hydrogens (primary N) is 1. The largest absolute Gasteiger partial charge is 0.337 e. The number of halogens is 2. The van der Waals surface area contributed by atoms with Crippen LogP contribution in [0, 0.1) is 5.41 Å². The van der Waals surface area contributed by atoms with Crippen molar-refractivity contribution in [1.29, 1.82) is 0 Å². The van der Waals surface area contributed by atoms with Crippen molar-refractivity contribution in [1.82, 2.24) is 14.9 Å². The number of piperidine rings is 1. The van der Waals surface area contributed by atoms with Gasteiger partial charge in [-0.15, -0.1) is 12.4 Å². The minimum atomic E-state index is -0.498. The van der Waals surface area contributed by atoms with Gasteiger partial charge in [-0.05, 0) is 36.1 Å². The van der Waals surface area contributed by atoms with Gasteiger partial charge in [0.1, 0.15) is 0 Å². The van der Waals surface area contributed by atoms with Crippen molar-refractivity contribution in [2.75, 3.05) is 18.4 Å². The molecule has 7 nitrogen and oxygen atoms in total. The Morgan fingerprint density at radius 2 is 1.79 bits per heavy atom. The predicted molar refractivity (Wildman–Crippen MR) is 111 cm³/mol. The van der Waals surface area contributed by atoms with Crippen molar-refractivity contribution < 1.29 is 9.59 Å². The molecule has 2 amide bonds. The van der Waals surface area contributed by atoms with E-state index in [1.165, 1.54) is 12.4 Å². The Bertz CT molecular complexity index is 858. The molecule has 1 aromatic heterocycles. The zero-order chi connectivity index (χ0) is 19.6. The number of amides is 2. The molecular formula is C19H23Cl2N5O2. The van der Waals surface area contributed by atoms with Crippen molar-refractivity contribution in [2.24, 2.45) is 11.1 Å². The second-order valence-electron chi connectivity index (χ2n) is 7.33. The van der Waals surface area contributed by atoms with Crippen LogP contribution in [0.3, 0.4) is 0 Å².